The highest BCUT2D eigenvalue weighted by molar-refractivity contribution is 4.98. The van der Waals surface area contributed by atoms with E-state index in [2.05, 4.69) is 31.1 Å². The summed E-state index contributed by atoms with van der Waals surface area (Å²) in [6.07, 6.45) is 5.51. The highest BCUT2D eigenvalue weighted by Crippen LogP contribution is 2.37. The molecule has 1 saturated carbocycles. The van der Waals surface area contributed by atoms with Gasteiger partial charge in [0, 0.05) is 24.2 Å². The van der Waals surface area contributed by atoms with Crippen LogP contribution < -0.4 is 5.32 Å². The van der Waals surface area contributed by atoms with Crippen LogP contribution in [-0.4, -0.2) is 36.1 Å². The van der Waals surface area contributed by atoms with Gasteiger partial charge in [-0.15, -0.1) is 0 Å². The Morgan fingerprint density at radius 3 is 2.38 bits per heavy atom. The zero-order valence-corrected chi connectivity index (χ0v) is 9.14. The molecule has 1 aliphatic carbocycles. The molecule has 0 spiro atoms. The molecule has 0 bridgehead atoms. The number of rotatable bonds is 2. The zero-order chi connectivity index (χ0) is 9.47. The maximum Gasteiger partial charge on any atom is 0.0171 e. The summed E-state index contributed by atoms with van der Waals surface area (Å²) in [5.74, 6) is 0. The van der Waals surface area contributed by atoms with E-state index >= 15 is 0 Å². The van der Waals surface area contributed by atoms with Crippen LogP contribution in [0.1, 0.15) is 39.5 Å². The molecule has 2 aliphatic rings. The molecular formula is C11H22N2. The Hall–Kier alpha value is -0.0800. The second kappa shape index (κ2) is 3.25. The Morgan fingerprint density at radius 1 is 1.23 bits per heavy atom. The summed E-state index contributed by atoms with van der Waals surface area (Å²) in [5.41, 5.74) is 0.424. The first-order valence-electron chi connectivity index (χ1n) is 5.57. The third-order valence-electron chi connectivity index (χ3n) is 3.64. The van der Waals surface area contributed by atoms with E-state index in [0.29, 0.717) is 5.54 Å². The number of nitrogens with one attached hydrogen (secondary N) is 1. The molecule has 13 heavy (non-hydrogen) atoms. The van der Waals surface area contributed by atoms with Gasteiger partial charge in [-0.05, 0) is 46.6 Å². The van der Waals surface area contributed by atoms with Gasteiger partial charge in [0.1, 0.15) is 0 Å². The molecule has 1 saturated heterocycles. The van der Waals surface area contributed by atoms with E-state index in [1.807, 2.05) is 0 Å². The van der Waals surface area contributed by atoms with E-state index in [0.717, 1.165) is 12.1 Å². The van der Waals surface area contributed by atoms with Crippen LogP contribution >= 0.6 is 0 Å². The molecule has 2 nitrogen and oxygen atoms in total. The number of hydrogen-bond donors (Lipinski definition) is 1. The molecule has 2 heteroatoms. The summed E-state index contributed by atoms with van der Waals surface area (Å²) in [7, 11) is 2.09. The SMILES string of the molecule is CNC1CCN(C2CC2)C(C)(C)C1. The van der Waals surface area contributed by atoms with Crippen LogP contribution in [0, 0.1) is 0 Å². The minimum Gasteiger partial charge on any atom is -0.317 e. The molecule has 1 aliphatic heterocycles. The van der Waals surface area contributed by atoms with Crippen molar-refractivity contribution in [1.82, 2.24) is 10.2 Å². The molecule has 1 atom stereocenters. The van der Waals surface area contributed by atoms with Crippen LogP contribution in [0.5, 0.6) is 0 Å². The maximum absolute atomic E-state index is 3.41. The van der Waals surface area contributed by atoms with E-state index in [9.17, 15) is 0 Å². The monoisotopic (exact) mass is 182 g/mol. The van der Waals surface area contributed by atoms with Gasteiger partial charge in [-0.1, -0.05) is 0 Å². The Balaban J connectivity index is 1.99. The average Bonchev–Trinajstić information content (AvgIpc) is 2.85. The van der Waals surface area contributed by atoms with Crippen LogP contribution in [0.15, 0.2) is 0 Å². The average molecular weight is 182 g/mol. The van der Waals surface area contributed by atoms with Gasteiger partial charge in [-0.2, -0.15) is 0 Å². The number of likely N-dealkylation sites (tertiary alicyclic amines) is 1. The lowest BCUT2D eigenvalue weighted by Gasteiger charge is -2.46. The van der Waals surface area contributed by atoms with Crippen molar-refractivity contribution in [2.45, 2.75) is 57.2 Å². The van der Waals surface area contributed by atoms with E-state index in [1.54, 1.807) is 0 Å². The van der Waals surface area contributed by atoms with E-state index < -0.39 is 0 Å². The normalized spacial score (nSPS) is 34.8. The lowest BCUT2D eigenvalue weighted by Crippen LogP contribution is -2.54. The summed E-state index contributed by atoms with van der Waals surface area (Å²) in [6, 6.07) is 1.66. The van der Waals surface area contributed by atoms with Gasteiger partial charge < -0.3 is 5.32 Å². The summed E-state index contributed by atoms with van der Waals surface area (Å²) >= 11 is 0. The first-order chi connectivity index (χ1) is 6.13. The molecule has 2 rings (SSSR count). The van der Waals surface area contributed by atoms with Gasteiger partial charge in [-0.25, -0.2) is 0 Å². The Morgan fingerprint density at radius 2 is 1.92 bits per heavy atom. The smallest absolute Gasteiger partial charge is 0.0171 e. The van der Waals surface area contributed by atoms with Gasteiger partial charge in [0.2, 0.25) is 0 Å². The van der Waals surface area contributed by atoms with Crippen LogP contribution in [0.3, 0.4) is 0 Å². The molecular weight excluding hydrogens is 160 g/mol. The fourth-order valence-electron chi connectivity index (χ4n) is 2.73. The van der Waals surface area contributed by atoms with Gasteiger partial charge in [-0.3, -0.25) is 4.90 Å². The van der Waals surface area contributed by atoms with Gasteiger partial charge >= 0.3 is 0 Å². The molecule has 1 heterocycles. The highest BCUT2D eigenvalue weighted by atomic mass is 15.3. The summed E-state index contributed by atoms with van der Waals surface area (Å²) in [4.78, 5) is 2.72. The van der Waals surface area contributed by atoms with Crippen LogP contribution in [0.4, 0.5) is 0 Å². The summed E-state index contributed by atoms with van der Waals surface area (Å²) in [6.45, 7) is 6.09. The third-order valence-corrected chi connectivity index (χ3v) is 3.64. The van der Waals surface area contributed by atoms with Crippen LogP contribution in [0.25, 0.3) is 0 Å². The van der Waals surface area contributed by atoms with Crippen molar-refractivity contribution < 1.29 is 0 Å². The molecule has 0 aromatic carbocycles. The molecule has 2 fully saturated rings. The molecule has 0 amide bonds. The van der Waals surface area contributed by atoms with Crippen LogP contribution in [0.2, 0.25) is 0 Å². The van der Waals surface area contributed by atoms with Crippen molar-refractivity contribution in [3.63, 3.8) is 0 Å². The fourth-order valence-corrected chi connectivity index (χ4v) is 2.73. The predicted molar refractivity (Wildman–Crippen MR) is 55.9 cm³/mol. The molecule has 0 aromatic heterocycles. The van der Waals surface area contributed by atoms with Gasteiger partial charge in [0.05, 0.1) is 0 Å². The minimum absolute atomic E-state index is 0.424. The quantitative estimate of drug-likeness (QED) is 0.698. The predicted octanol–water partition coefficient (Wildman–Crippen LogP) is 1.61. The van der Waals surface area contributed by atoms with Crippen molar-refractivity contribution in [3.8, 4) is 0 Å². The van der Waals surface area contributed by atoms with E-state index in [4.69, 9.17) is 0 Å². The van der Waals surface area contributed by atoms with Crippen molar-refractivity contribution in [2.24, 2.45) is 0 Å². The van der Waals surface area contributed by atoms with Gasteiger partial charge in [0.15, 0.2) is 0 Å². The zero-order valence-electron chi connectivity index (χ0n) is 9.14. The topological polar surface area (TPSA) is 15.3 Å². The first kappa shape index (κ1) is 9.47. The standard InChI is InChI=1S/C11H22N2/c1-11(2)8-9(12-3)6-7-13(11)10-4-5-10/h9-10,12H,4-8H2,1-3H3. The Kier molecular flexibility index (Phi) is 2.37. The fraction of sp³-hybridized carbons (Fsp3) is 1.00. The number of piperidine rings is 1. The van der Waals surface area contributed by atoms with Gasteiger partial charge in [0.25, 0.3) is 0 Å². The van der Waals surface area contributed by atoms with Crippen molar-refractivity contribution >= 4 is 0 Å². The lowest BCUT2D eigenvalue weighted by molar-refractivity contribution is 0.0526. The largest absolute Gasteiger partial charge is 0.317 e. The minimum atomic E-state index is 0.424. The molecule has 76 valence electrons. The van der Waals surface area contributed by atoms with E-state index in [-0.39, 0.29) is 0 Å². The van der Waals surface area contributed by atoms with Crippen molar-refractivity contribution in [3.05, 3.63) is 0 Å². The lowest BCUT2D eigenvalue weighted by atomic mass is 9.87. The molecule has 0 radical (unpaired) electrons. The molecule has 1 unspecified atom stereocenters. The van der Waals surface area contributed by atoms with Crippen LogP contribution in [-0.2, 0) is 0 Å². The Labute approximate surface area is 81.7 Å². The van der Waals surface area contributed by atoms with Crippen molar-refractivity contribution in [1.29, 1.82) is 0 Å². The summed E-state index contributed by atoms with van der Waals surface area (Å²) < 4.78 is 0. The molecule has 1 N–H and O–H groups in total. The van der Waals surface area contributed by atoms with Crippen molar-refractivity contribution in [2.75, 3.05) is 13.6 Å². The molecule has 0 aromatic rings. The second-order valence-corrected chi connectivity index (χ2v) is 5.22. The Bertz CT molecular complexity index is 185. The third kappa shape index (κ3) is 1.89. The summed E-state index contributed by atoms with van der Waals surface area (Å²) in [5, 5.41) is 3.41. The maximum atomic E-state index is 3.41. The highest BCUT2D eigenvalue weighted by Gasteiger charge is 2.41. The first-order valence-corrected chi connectivity index (χ1v) is 5.57. The second-order valence-electron chi connectivity index (χ2n) is 5.22. The van der Waals surface area contributed by atoms with E-state index in [1.165, 1.54) is 32.2 Å². The number of hydrogen-bond acceptors (Lipinski definition) is 2. The number of nitrogens with zero attached hydrogens (tertiary/aromatic N) is 1.